The van der Waals surface area contributed by atoms with E-state index in [2.05, 4.69) is 11.9 Å². The Morgan fingerprint density at radius 1 is 1.42 bits per heavy atom. The maximum absolute atomic E-state index is 13.0. The first-order chi connectivity index (χ1) is 11.8. The largest absolute Gasteiger partial charge is 0.382 e. The number of allylic oxidation sites excluding steroid dienone is 1. The highest BCUT2D eigenvalue weighted by molar-refractivity contribution is 7.18. The van der Waals surface area contributed by atoms with Gasteiger partial charge in [0.1, 0.15) is 4.83 Å². The van der Waals surface area contributed by atoms with Crippen molar-refractivity contribution < 1.29 is 4.74 Å². The van der Waals surface area contributed by atoms with Crippen LogP contribution in [-0.4, -0.2) is 29.3 Å². The van der Waals surface area contributed by atoms with Gasteiger partial charge in [-0.15, -0.1) is 17.9 Å². The number of nitrogens with one attached hydrogen (secondary N) is 1. The van der Waals surface area contributed by atoms with Crippen LogP contribution in [0.3, 0.4) is 0 Å². The molecule has 5 nitrogen and oxygen atoms in total. The lowest BCUT2D eigenvalue weighted by molar-refractivity contribution is 0.147. The first kappa shape index (κ1) is 17.2. The van der Waals surface area contributed by atoms with Gasteiger partial charge in [-0.25, -0.2) is 4.98 Å². The number of aryl methyl sites for hydroxylation is 2. The van der Waals surface area contributed by atoms with Gasteiger partial charge in [0.05, 0.1) is 5.39 Å². The van der Waals surface area contributed by atoms with Crippen molar-refractivity contribution in [2.24, 2.45) is 0 Å². The highest BCUT2D eigenvalue weighted by atomic mass is 32.1. The molecule has 0 bridgehead atoms. The lowest BCUT2D eigenvalue weighted by Gasteiger charge is -2.13. The van der Waals surface area contributed by atoms with Crippen molar-refractivity contribution in [3.05, 3.63) is 33.4 Å². The summed E-state index contributed by atoms with van der Waals surface area (Å²) in [6, 6.07) is 0. The summed E-state index contributed by atoms with van der Waals surface area (Å²) in [5, 5.41) is 4.13. The van der Waals surface area contributed by atoms with Crippen molar-refractivity contribution >= 4 is 27.5 Å². The fraction of sp³-hybridized carbons (Fsp3) is 0.556. The minimum absolute atomic E-state index is 0.0617. The molecule has 0 atom stereocenters. The van der Waals surface area contributed by atoms with E-state index in [9.17, 15) is 4.79 Å². The Balaban J connectivity index is 1.94. The number of hydrogen-bond acceptors (Lipinski definition) is 5. The van der Waals surface area contributed by atoms with Gasteiger partial charge in [-0.05, 0) is 44.6 Å². The number of fused-ring (bicyclic) bond motifs is 3. The van der Waals surface area contributed by atoms with Gasteiger partial charge in [0.25, 0.3) is 5.56 Å². The minimum atomic E-state index is 0.0617. The molecule has 1 aliphatic rings. The molecule has 0 amide bonds. The number of ether oxygens (including phenoxy) is 1. The number of thiophene rings is 1. The highest BCUT2D eigenvalue weighted by Crippen LogP contribution is 2.34. The van der Waals surface area contributed by atoms with E-state index in [0.29, 0.717) is 19.1 Å². The van der Waals surface area contributed by atoms with Gasteiger partial charge < -0.3 is 10.1 Å². The van der Waals surface area contributed by atoms with Crippen LogP contribution in [-0.2, 0) is 24.1 Å². The Hall–Kier alpha value is -1.66. The van der Waals surface area contributed by atoms with Crippen molar-refractivity contribution in [2.75, 3.05) is 25.1 Å². The molecule has 1 aliphatic carbocycles. The van der Waals surface area contributed by atoms with E-state index in [-0.39, 0.29) is 5.56 Å². The minimum Gasteiger partial charge on any atom is -0.382 e. The zero-order valence-electron chi connectivity index (χ0n) is 14.3. The molecular weight excluding hydrogens is 322 g/mol. The van der Waals surface area contributed by atoms with Crippen molar-refractivity contribution in [3.63, 3.8) is 0 Å². The van der Waals surface area contributed by atoms with Crippen molar-refractivity contribution in [1.82, 2.24) is 9.55 Å². The van der Waals surface area contributed by atoms with Crippen LogP contribution in [0, 0.1) is 0 Å². The highest BCUT2D eigenvalue weighted by Gasteiger charge is 2.21. The molecule has 6 heteroatoms. The smallest absolute Gasteiger partial charge is 0.264 e. The summed E-state index contributed by atoms with van der Waals surface area (Å²) in [6.07, 6.45) is 7.09. The summed E-state index contributed by atoms with van der Waals surface area (Å²) in [5.74, 6) is 0.641. The number of anilines is 1. The predicted octanol–water partition coefficient (Wildman–Crippen LogP) is 3.36. The SMILES string of the molecule is C=CCn1c(NCCCOCC)nc2sc3c(c2c1=O)CCCC3. The van der Waals surface area contributed by atoms with Gasteiger partial charge in [-0.3, -0.25) is 9.36 Å². The van der Waals surface area contributed by atoms with Gasteiger partial charge in [-0.2, -0.15) is 0 Å². The molecule has 0 spiro atoms. The van der Waals surface area contributed by atoms with Crippen LogP contribution in [0.4, 0.5) is 5.95 Å². The molecular formula is C18H25N3O2S. The fourth-order valence-electron chi connectivity index (χ4n) is 3.19. The average Bonchev–Trinajstić information content (AvgIpc) is 2.96. The summed E-state index contributed by atoms with van der Waals surface area (Å²) in [7, 11) is 0. The fourth-order valence-corrected chi connectivity index (χ4v) is 4.44. The molecule has 0 radical (unpaired) electrons. The third-order valence-corrected chi connectivity index (χ3v) is 5.52. The van der Waals surface area contributed by atoms with E-state index in [1.54, 1.807) is 22.0 Å². The Kier molecular flexibility index (Phi) is 5.68. The number of aromatic nitrogens is 2. The lowest BCUT2D eigenvalue weighted by atomic mass is 9.97. The standard InChI is InChI=1S/C18H25N3O2S/c1-3-11-21-17(22)15-13-8-5-6-9-14(13)24-16(15)20-18(21)19-10-7-12-23-4-2/h3H,1,4-12H2,2H3,(H,19,20). The maximum Gasteiger partial charge on any atom is 0.264 e. The second-order valence-corrected chi connectivity index (χ2v) is 7.09. The number of nitrogens with zero attached hydrogens (tertiary/aromatic N) is 2. The quantitative estimate of drug-likeness (QED) is 0.588. The molecule has 0 aliphatic heterocycles. The molecule has 0 fully saturated rings. The molecule has 2 heterocycles. The van der Waals surface area contributed by atoms with E-state index in [1.807, 2.05) is 6.92 Å². The molecule has 0 unspecified atom stereocenters. The summed E-state index contributed by atoms with van der Waals surface area (Å²) < 4.78 is 7.06. The zero-order valence-corrected chi connectivity index (χ0v) is 15.1. The molecule has 2 aromatic heterocycles. The summed E-state index contributed by atoms with van der Waals surface area (Å²) >= 11 is 1.69. The van der Waals surface area contributed by atoms with Crippen LogP contribution < -0.4 is 10.9 Å². The van der Waals surface area contributed by atoms with Crippen LogP contribution in [0.2, 0.25) is 0 Å². The van der Waals surface area contributed by atoms with E-state index in [0.717, 1.165) is 49.1 Å². The third-order valence-electron chi connectivity index (χ3n) is 4.34. The zero-order chi connectivity index (χ0) is 16.9. The Morgan fingerprint density at radius 2 is 2.25 bits per heavy atom. The van der Waals surface area contributed by atoms with Gasteiger partial charge >= 0.3 is 0 Å². The van der Waals surface area contributed by atoms with Crippen molar-refractivity contribution in [2.45, 2.75) is 45.6 Å². The first-order valence-electron chi connectivity index (χ1n) is 8.73. The molecule has 3 rings (SSSR count). The Bertz CT molecular complexity index is 779. The predicted molar refractivity (Wildman–Crippen MR) is 100 cm³/mol. The van der Waals surface area contributed by atoms with Gasteiger partial charge in [0.2, 0.25) is 5.95 Å². The van der Waals surface area contributed by atoms with E-state index in [4.69, 9.17) is 9.72 Å². The van der Waals surface area contributed by atoms with Crippen LogP contribution in [0.5, 0.6) is 0 Å². The second-order valence-electron chi connectivity index (χ2n) is 6.01. The van der Waals surface area contributed by atoms with Gasteiger partial charge in [0, 0.05) is 31.2 Å². The van der Waals surface area contributed by atoms with Crippen molar-refractivity contribution in [3.8, 4) is 0 Å². The molecule has 1 N–H and O–H groups in total. The summed E-state index contributed by atoms with van der Waals surface area (Å²) in [5.41, 5.74) is 1.30. The number of rotatable bonds is 8. The molecule has 0 saturated heterocycles. The average molecular weight is 347 g/mol. The first-order valence-corrected chi connectivity index (χ1v) is 9.55. The van der Waals surface area contributed by atoms with Crippen LogP contribution in [0.25, 0.3) is 10.2 Å². The summed E-state index contributed by atoms with van der Waals surface area (Å²) in [4.78, 5) is 20.0. The van der Waals surface area contributed by atoms with Gasteiger partial charge in [-0.1, -0.05) is 6.08 Å². The van der Waals surface area contributed by atoms with Crippen LogP contribution >= 0.6 is 11.3 Å². The second kappa shape index (κ2) is 7.94. The van der Waals surface area contributed by atoms with E-state index >= 15 is 0 Å². The molecule has 2 aromatic rings. The third kappa shape index (κ3) is 3.39. The maximum atomic E-state index is 13.0. The van der Waals surface area contributed by atoms with E-state index in [1.165, 1.54) is 16.9 Å². The Labute approximate surface area is 146 Å². The van der Waals surface area contributed by atoms with E-state index < -0.39 is 0 Å². The monoisotopic (exact) mass is 347 g/mol. The lowest BCUT2D eigenvalue weighted by Crippen LogP contribution is -2.25. The topological polar surface area (TPSA) is 56.1 Å². The van der Waals surface area contributed by atoms with Gasteiger partial charge in [0.15, 0.2) is 0 Å². The van der Waals surface area contributed by atoms with Crippen LogP contribution in [0.1, 0.15) is 36.6 Å². The Morgan fingerprint density at radius 3 is 3.04 bits per heavy atom. The van der Waals surface area contributed by atoms with Crippen molar-refractivity contribution in [1.29, 1.82) is 0 Å². The van der Waals surface area contributed by atoms with Crippen LogP contribution in [0.15, 0.2) is 17.4 Å². The molecule has 0 aromatic carbocycles. The normalized spacial score (nSPS) is 13.9. The summed E-state index contributed by atoms with van der Waals surface area (Å²) in [6.45, 7) is 8.42. The molecule has 24 heavy (non-hydrogen) atoms. The molecule has 0 saturated carbocycles. The number of hydrogen-bond donors (Lipinski definition) is 1. The molecule has 130 valence electrons.